The van der Waals surface area contributed by atoms with Crippen LogP contribution in [0.5, 0.6) is 0 Å². The number of hydrogen-bond acceptors (Lipinski definition) is 5. The molecule has 124 valence electrons. The Morgan fingerprint density at radius 1 is 0.958 bits per heavy atom. The molecule has 1 aliphatic rings. The minimum Gasteiger partial charge on any atom is -0.390 e. The summed E-state index contributed by atoms with van der Waals surface area (Å²) in [6.07, 6.45) is -0.969. The molecular formula is C18H18N2O3S. The number of imide groups is 1. The predicted octanol–water partition coefficient (Wildman–Crippen LogP) is 1.76. The van der Waals surface area contributed by atoms with E-state index in [1.54, 1.807) is 24.3 Å². The molecule has 0 fully saturated rings. The Balaban J connectivity index is 1.84. The molecule has 0 bridgehead atoms. The van der Waals surface area contributed by atoms with Gasteiger partial charge in [-0.25, -0.2) is 0 Å². The van der Waals surface area contributed by atoms with Gasteiger partial charge in [0.15, 0.2) is 0 Å². The van der Waals surface area contributed by atoms with Crippen molar-refractivity contribution in [3.8, 4) is 0 Å². The number of carbonyl (C=O) groups excluding carboxylic acids is 2. The maximum absolute atomic E-state index is 12.6. The topological polar surface area (TPSA) is 83.6 Å². The fraction of sp³-hybridized carbons (Fsp3) is 0.222. The number of thioether (sulfide) groups is 1. The second kappa shape index (κ2) is 7.17. The average molecular weight is 342 g/mol. The molecule has 6 heteroatoms. The summed E-state index contributed by atoms with van der Waals surface area (Å²) in [5.74, 6) is -0.364. The lowest BCUT2D eigenvalue weighted by Crippen LogP contribution is -2.50. The van der Waals surface area contributed by atoms with Gasteiger partial charge in [0.05, 0.1) is 23.3 Å². The number of aliphatic hydroxyl groups excluding tert-OH is 1. The number of nitrogens with two attached hydrogens (primary N) is 1. The SMILES string of the molecule is NC[C@H](O)C(CSc1ccccc1)N1C(=O)c2ccccc2C1=O. The smallest absolute Gasteiger partial charge is 0.261 e. The molecule has 2 atom stereocenters. The van der Waals surface area contributed by atoms with Crippen LogP contribution in [0.4, 0.5) is 0 Å². The van der Waals surface area contributed by atoms with Gasteiger partial charge >= 0.3 is 0 Å². The van der Waals surface area contributed by atoms with Crippen LogP contribution in [-0.4, -0.2) is 46.3 Å². The summed E-state index contributed by atoms with van der Waals surface area (Å²) in [7, 11) is 0. The first kappa shape index (κ1) is 16.7. The Bertz CT molecular complexity index is 716. The third-order valence-electron chi connectivity index (χ3n) is 4.01. The van der Waals surface area contributed by atoms with Gasteiger partial charge in [-0.3, -0.25) is 14.5 Å². The molecular weight excluding hydrogens is 324 g/mol. The van der Waals surface area contributed by atoms with Crippen LogP contribution in [-0.2, 0) is 0 Å². The quantitative estimate of drug-likeness (QED) is 0.617. The zero-order valence-electron chi connectivity index (χ0n) is 13.0. The third kappa shape index (κ3) is 3.08. The molecule has 2 aromatic rings. The highest BCUT2D eigenvalue weighted by Crippen LogP contribution is 2.28. The first-order valence-electron chi connectivity index (χ1n) is 7.66. The summed E-state index contributed by atoms with van der Waals surface area (Å²) >= 11 is 1.48. The monoisotopic (exact) mass is 342 g/mol. The van der Waals surface area contributed by atoms with E-state index in [9.17, 15) is 14.7 Å². The van der Waals surface area contributed by atoms with Crippen molar-refractivity contribution in [1.29, 1.82) is 0 Å². The van der Waals surface area contributed by atoms with Gasteiger partial charge in [-0.05, 0) is 24.3 Å². The predicted molar refractivity (Wildman–Crippen MR) is 93.0 cm³/mol. The number of aliphatic hydroxyl groups is 1. The summed E-state index contributed by atoms with van der Waals surface area (Å²) in [4.78, 5) is 27.4. The standard InChI is InChI=1S/C18H18N2O3S/c19-10-16(21)15(11-24-12-6-2-1-3-7-12)20-17(22)13-8-4-5-9-14(13)18(20)23/h1-9,15-16,21H,10-11,19H2/t15?,16-/m0/s1. The average Bonchev–Trinajstić information content (AvgIpc) is 2.88. The summed E-state index contributed by atoms with van der Waals surface area (Å²) in [6, 6.07) is 15.7. The van der Waals surface area contributed by atoms with E-state index in [1.165, 1.54) is 11.8 Å². The van der Waals surface area contributed by atoms with Gasteiger partial charge in [0.25, 0.3) is 11.8 Å². The van der Waals surface area contributed by atoms with Crippen molar-refractivity contribution in [2.45, 2.75) is 17.0 Å². The van der Waals surface area contributed by atoms with E-state index in [1.807, 2.05) is 30.3 Å². The minimum atomic E-state index is -0.969. The molecule has 2 aromatic carbocycles. The molecule has 5 nitrogen and oxygen atoms in total. The van der Waals surface area contributed by atoms with Gasteiger partial charge in [-0.1, -0.05) is 30.3 Å². The van der Waals surface area contributed by atoms with Crippen LogP contribution >= 0.6 is 11.8 Å². The van der Waals surface area contributed by atoms with E-state index in [0.29, 0.717) is 16.9 Å². The fourth-order valence-electron chi connectivity index (χ4n) is 2.72. The third-order valence-corrected chi connectivity index (χ3v) is 5.12. The van der Waals surface area contributed by atoms with Gasteiger partial charge in [0.2, 0.25) is 0 Å². The van der Waals surface area contributed by atoms with Crippen LogP contribution in [0.1, 0.15) is 20.7 Å². The van der Waals surface area contributed by atoms with E-state index < -0.39 is 12.1 Å². The normalized spacial score (nSPS) is 16.2. The molecule has 0 aliphatic carbocycles. The molecule has 0 radical (unpaired) electrons. The maximum atomic E-state index is 12.6. The molecule has 3 rings (SSSR count). The number of nitrogens with zero attached hydrogens (tertiary/aromatic N) is 1. The molecule has 0 spiro atoms. The van der Waals surface area contributed by atoms with Gasteiger partial charge in [0.1, 0.15) is 0 Å². The summed E-state index contributed by atoms with van der Waals surface area (Å²) in [5.41, 5.74) is 6.35. The van der Waals surface area contributed by atoms with Crippen molar-refractivity contribution in [2.24, 2.45) is 5.73 Å². The highest BCUT2D eigenvalue weighted by Gasteiger charge is 2.41. The lowest BCUT2D eigenvalue weighted by Gasteiger charge is -2.29. The van der Waals surface area contributed by atoms with Gasteiger partial charge < -0.3 is 10.8 Å². The highest BCUT2D eigenvalue weighted by atomic mass is 32.2. The zero-order chi connectivity index (χ0) is 17.1. The van der Waals surface area contributed by atoms with Gasteiger partial charge in [-0.15, -0.1) is 11.8 Å². The van der Waals surface area contributed by atoms with Crippen molar-refractivity contribution in [2.75, 3.05) is 12.3 Å². The summed E-state index contributed by atoms with van der Waals surface area (Å²) in [6.45, 7) is -0.0204. The lowest BCUT2D eigenvalue weighted by atomic mass is 10.1. The summed E-state index contributed by atoms with van der Waals surface area (Å²) in [5, 5.41) is 10.3. The molecule has 0 saturated carbocycles. The van der Waals surface area contributed by atoms with E-state index in [4.69, 9.17) is 5.73 Å². The second-order valence-electron chi connectivity index (χ2n) is 5.52. The summed E-state index contributed by atoms with van der Waals surface area (Å²) < 4.78 is 0. The van der Waals surface area contributed by atoms with Crippen molar-refractivity contribution >= 4 is 23.6 Å². The van der Waals surface area contributed by atoms with Crippen molar-refractivity contribution in [1.82, 2.24) is 4.90 Å². The minimum absolute atomic E-state index is 0.0204. The zero-order valence-corrected chi connectivity index (χ0v) is 13.8. The Morgan fingerprint density at radius 2 is 1.50 bits per heavy atom. The van der Waals surface area contributed by atoms with Crippen LogP contribution in [0, 0.1) is 0 Å². The first-order chi connectivity index (χ1) is 11.6. The Labute approximate surface area is 144 Å². The van der Waals surface area contributed by atoms with Crippen molar-refractivity contribution in [3.63, 3.8) is 0 Å². The van der Waals surface area contributed by atoms with E-state index in [2.05, 4.69) is 0 Å². The van der Waals surface area contributed by atoms with Crippen LogP contribution in [0.15, 0.2) is 59.5 Å². The van der Waals surface area contributed by atoms with Gasteiger partial charge in [-0.2, -0.15) is 0 Å². The number of rotatable bonds is 6. The molecule has 0 saturated heterocycles. The van der Waals surface area contributed by atoms with Crippen LogP contribution in [0.3, 0.4) is 0 Å². The Hall–Kier alpha value is -2.15. The fourth-order valence-corrected chi connectivity index (χ4v) is 3.81. The molecule has 0 aromatic heterocycles. The largest absolute Gasteiger partial charge is 0.390 e. The van der Waals surface area contributed by atoms with E-state index >= 15 is 0 Å². The Kier molecular flexibility index (Phi) is 4.99. The molecule has 24 heavy (non-hydrogen) atoms. The Morgan fingerprint density at radius 3 is 2.04 bits per heavy atom. The molecule has 1 heterocycles. The van der Waals surface area contributed by atoms with E-state index in [0.717, 1.165) is 9.80 Å². The highest BCUT2D eigenvalue weighted by molar-refractivity contribution is 7.99. The van der Waals surface area contributed by atoms with Gasteiger partial charge in [0, 0.05) is 17.2 Å². The number of carbonyl (C=O) groups is 2. The molecule has 1 unspecified atom stereocenters. The number of amides is 2. The van der Waals surface area contributed by atoms with Crippen LogP contribution < -0.4 is 5.73 Å². The van der Waals surface area contributed by atoms with Crippen LogP contribution in [0.2, 0.25) is 0 Å². The van der Waals surface area contributed by atoms with E-state index in [-0.39, 0.29) is 18.4 Å². The van der Waals surface area contributed by atoms with Crippen molar-refractivity contribution < 1.29 is 14.7 Å². The molecule has 1 aliphatic heterocycles. The number of fused-ring (bicyclic) bond motifs is 1. The second-order valence-corrected chi connectivity index (χ2v) is 6.61. The molecule has 2 amide bonds. The lowest BCUT2D eigenvalue weighted by molar-refractivity contribution is 0.0407. The van der Waals surface area contributed by atoms with Crippen LogP contribution in [0.25, 0.3) is 0 Å². The molecule has 3 N–H and O–H groups in total. The number of benzene rings is 2. The first-order valence-corrected chi connectivity index (χ1v) is 8.65. The number of hydrogen-bond donors (Lipinski definition) is 2. The maximum Gasteiger partial charge on any atom is 0.261 e. The van der Waals surface area contributed by atoms with Crippen molar-refractivity contribution in [3.05, 3.63) is 65.7 Å².